The first-order valence-corrected chi connectivity index (χ1v) is 9.69. The Morgan fingerprint density at radius 1 is 1.18 bits per heavy atom. The van der Waals surface area contributed by atoms with Gasteiger partial charge in [0.05, 0.1) is 18.6 Å². The topological polar surface area (TPSA) is 67.9 Å². The van der Waals surface area contributed by atoms with Crippen molar-refractivity contribution in [1.29, 1.82) is 0 Å². The number of piperidine rings is 1. The van der Waals surface area contributed by atoms with Crippen LogP contribution in [0.15, 0.2) is 48.5 Å². The number of anilines is 1. The Labute approximate surface area is 164 Å². The molecule has 0 bridgehead atoms. The summed E-state index contributed by atoms with van der Waals surface area (Å²) in [6.45, 7) is 3.57. The number of carbonyl (C=O) groups excluding carboxylic acids is 2. The molecule has 2 aliphatic heterocycles. The molecule has 28 heavy (non-hydrogen) atoms. The van der Waals surface area contributed by atoms with E-state index in [2.05, 4.69) is 5.32 Å². The summed E-state index contributed by atoms with van der Waals surface area (Å²) in [5, 5.41) is 2.91. The van der Waals surface area contributed by atoms with E-state index >= 15 is 0 Å². The number of ketones is 1. The zero-order valence-electron chi connectivity index (χ0n) is 15.9. The zero-order chi connectivity index (χ0) is 19.6. The Kier molecular flexibility index (Phi) is 4.94. The van der Waals surface area contributed by atoms with E-state index in [9.17, 15) is 9.59 Å². The van der Waals surface area contributed by atoms with Crippen molar-refractivity contribution in [1.82, 2.24) is 4.90 Å². The molecule has 0 saturated carbocycles. The van der Waals surface area contributed by atoms with Gasteiger partial charge in [-0.05, 0) is 31.2 Å². The van der Waals surface area contributed by atoms with Gasteiger partial charge in [0.15, 0.2) is 5.78 Å². The quantitative estimate of drug-likeness (QED) is 0.870. The van der Waals surface area contributed by atoms with Gasteiger partial charge in [-0.25, -0.2) is 4.79 Å². The molecule has 6 nitrogen and oxygen atoms in total. The Morgan fingerprint density at radius 2 is 1.93 bits per heavy atom. The molecule has 1 spiro atoms. The highest BCUT2D eigenvalue weighted by Crippen LogP contribution is 2.40. The monoisotopic (exact) mass is 380 g/mol. The average molecular weight is 380 g/mol. The number of hydrogen-bond donors (Lipinski definition) is 1. The van der Waals surface area contributed by atoms with Crippen molar-refractivity contribution in [2.45, 2.75) is 31.8 Å². The molecule has 0 aliphatic carbocycles. The van der Waals surface area contributed by atoms with Crippen molar-refractivity contribution in [2.75, 3.05) is 25.0 Å². The van der Waals surface area contributed by atoms with Gasteiger partial charge >= 0.3 is 6.03 Å². The number of benzene rings is 2. The van der Waals surface area contributed by atoms with Crippen LogP contribution >= 0.6 is 0 Å². The third-order valence-electron chi connectivity index (χ3n) is 5.36. The number of para-hydroxylation sites is 1. The minimum Gasteiger partial charge on any atom is -0.494 e. The molecular formula is C22H24N2O4. The second-order valence-corrected chi connectivity index (χ2v) is 7.26. The molecule has 0 atom stereocenters. The van der Waals surface area contributed by atoms with Crippen LogP contribution < -0.4 is 14.8 Å². The zero-order valence-corrected chi connectivity index (χ0v) is 15.9. The Morgan fingerprint density at radius 3 is 2.64 bits per heavy atom. The maximum absolute atomic E-state index is 12.7. The van der Waals surface area contributed by atoms with Crippen LogP contribution in [0, 0.1) is 0 Å². The lowest BCUT2D eigenvalue weighted by Crippen LogP contribution is -2.53. The summed E-state index contributed by atoms with van der Waals surface area (Å²) in [6, 6.07) is 14.7. The number of fused-ring (bicyclic) bond motifs is 1. The number of Topliss-reactive ketones (excluding diaryl/α,β-unsaturated/α-hetero) is 1. The number of urea groups is 1. The van der Waals surface area contributed by atoms with Gasteiger partial charge in [-0.15, -0.1) is 0 Å². The Balaban J connectivity index is 1.43. The minimum atomic E-state index is -0.543. The molecule has 4 rings (SSSR count). The Bertz CT molecular complexity index is 873. The van der Waals surface area contributed by atoms with Crippen LogP contribution in [0.5, 0.6) is 11.5 Å². The molecule has 1 N–H and O–H groups in total. The van der Waals surface area contributed by atoms with E-state index in [0.717, 1.165) is 5.69 Å². The largest absolute Gasteiger partial charge is 0.494 e. The Hall–Kier alpha value is -3.02. The summed E-state index contributed by atoms with van der Waals surface area (Å²) in [7, 11) is 0. The van der Waals surface area contributed by atoms with Gasteiger partial charge < -0.3 is 19.7 Å². The van der Waals surface area contributed by atoms with Crippen molar-refractivity contribution in [3.05, 3.63) is 54.1 Å². The third-order valence-corrected chi connectivity index (χ3v) is 5.36. The van der Waals surface area contributed by atoms with Gasteiger partial charge in [0, 0.05) is 37.7 Å². The standard InChI is InChI=1S/C22H24N2O4/c1-2-27-17-8-9-18-19(25)15-22(28-20(18)14-17)10-12-24(13-11-22)21(26)23-16-6-4-3-5-7-16/h3-9,14H,2,10-13,15H2,1H3,(H,23,26). The molecule has 1 fully saturated rings. The summed E-state index contributed by atoms with van der Waals surface area (Å²) in [6.07, 6.45) is 1.60. The smallest absolute Gasteiger partial charge is 0.321 e. The summed E-state index contributed by atoms with van der Waals surface area (Å²) < 4.78 is 11.8. The van der Waals surface area contributed by atoms with Gasteiger partial charge in [-0.2, -0.15) is 0 Å². The number of amides is 2. The number of rotatable bonds is 3. The van der Waals surface area contributed by atoms with Crippen LogP contribution in [0.4, 0.5) is 10.5 Å². The molecule has 6 heteroatoms. The predicted octanol–water partition coefficient (Wildman–Crippen LogP) is 4.12. The number of ether oxygens (including phenoxy) is 2. The lowest BCUT2D eigenvalue weighted by atomic mass is 9.82. The lowest BCUT2D eigenvalue weighted by molar-refractivity contribution is 0.000243. The summed E-state index contributed by atoms with van der Waals surface area (Å²) in [5.74, 6) is 1.38. The van der Waals surface area contributed by atoms with Crippen molar-refractivity contribution < 1.29 is 19.1 Å². The number of hydrogen-bond acceptors (Lipinski definition) is 4. The molecule has 0 aromatic heterocycles. The summed E-state index contributed by atoms with van der Waals surface area (Å²) in [5.41, 5.74) is 0.839. The fourth-order valence-corrected chi connectivity index (χ4v) is 3.85. The van der Waals surface area contributed by atoms with Crippen LogP contribution in [0.1, 0.15) is 36.5 Å². The molecule has 2 aromatic rings. The molecular weight excluding hydrogens is 356 g/mol. The van der Waals surface area contributed by atoms with E-state index in [4.69, 9.17) is 9.47 Å². The van der Waals surface area contributed by atoms with Crippen molar-refractivity contribution in [3.63, 3.8) is 0 Å². The SMILES string of the molecule is CCOc1ccc2c(c1)OC1(CCN(C(=O)Nc3ccccc3)CC1)CC2=O. The van der Waals surface area contributed by atoms with E-state index in [1.54, 1.807) is 23.1 Å². The molecule has 146 valence electrons. The fraction of sp³-hybridized carbons (Fsp3) is 0.364. The van der Waals surface area contributed by atoms with E-state index in [1.165, 1.54) is 0 Å². The van der Waals surface area contributed by atoms with E-state index in [1.807, 2.05) is 37.3 Å². The van der Waals surface area contributed by atoms with Crippen LogP contribution in [0.3, 0.4) is 0 Å². The number of nitrogens with zero attached hydrogens (tertiary/aromatic N) is 1. The fourth-order valence-electron chi connectivity index (χ4n) is 3.85. The molecule has 2 amide bonds. The van der Waals surface area contributed by atoms with Gasteiger partial charge in [0.25, 0.3) is 0 Å². The normalized spacial score (nSPS) is 17.6. The highest BCUT2D eigenvalue weighted by molar-refractivity contribution is 6.00. The molecule has 2 aromatic carbocycles. The van der Waals surface area contributed by atoms with E-state index in [-0.39, 0.29) is 11.8 Å². The molecule has 2 aliphatic rings. The van der Waals surface area contributed by atoms with E-state index in [0.29, 0.717) is 56.0 Å². The van der Waals surface area contributed by atoms with Crippen LogP contribution in [-0.4, -0.2) is 42.0 Å². The van der Waals surface area contributed by atoms with Crippen molar-refractivity contribution in [3.8, 4) is 11.5 Å². The van der Waals surface area contributed by atoms with Gasteiger partial charge in [0.2, 0.25) is 0 Å². The third kappa shape index (κ3) is 3.67. The van der Waals surface area contributed by atoms with E-state index < -0.39 is 5.60 Å². The van der Waals surface area contributed by atoms with Gasteiger partial charge in [-0.1, -0.05) is 18.2 Å². The first-order valence-electron chi connectivity index (χ1n) is 9.69. The summed E-state index contributed by atoms with van der Waals surface area (Å²) in [4.78, 5) is 27.0. The number of nitrogens with one attached hydrogen (secondary N) is 1. The van der Waals surface area contributed by atoms with Crippen molar-refractivity contribution in [2.24, 2.45) is 0 Å². The predicted molar refractivity (Wildman–Crippen MR) is 106 cm³/mol. The summed E-state index contributed by atoms with van der Waals surface area (Å²) >= 11 is 0. The molecule has 2 heterocycles. The molecule has 0 unspecified atom stereocenters. The number of likely N-dealkylation sites (tertiary alicyclic amines) is 1. The second-order valence-electron chi connectivity index (χ2n) is 7.26. The van der Waals surface area contributed by atoms with Crippen LogP contribution in [-0.2, 0) is 0 Å². The maximum atomic E-state index is 12.7. The van der Waals surface area contributed by atoms with Crippen LogP contribution in [0.25, 0.3) is 0 Å². The van der Waals surface area contributed by atoms with Gasteiger partial charge in [-0.3, -0.25) is 4.79 Å². The lowest BCUT2D eigenvalue weighted by Gasteiger charge is -2.43. The average Bonchev–Trinajstić information content (AvgIpc) is 2.69. The molecule has 1 saturated heterocycles. The first kappa shape index (κ1) is 18.3. The number of carbonyl (C=O) groups is 2. The van der Waals surface area contributed by atoms with Crippen molar-refractivity contribution >= 4 is 17.5 Å². The highest BCUT2D eigenvalue weighted by atomic mass is 16.5. The van der Waals surface area contributed by atoms with Crippen LogP contribution in [0.2, 0.25) is 0 Å². The second kappa shape index (κ2) is 7.54. The van der Waals surface area contributed by atoms with Gasteiger partial charge in [0.1, 0.15) is 17.1 Å². The first-order chi connectivity index (χ1) is 13.6. The molecule has 0 radical (unpaired) electrons. The minimum absolute atomic E-state index is 0.0893. The highest BCUT2D eigenvalue weighted by Gasteiger charge is 2.43. The maximum Gasteiger partial charge on any atom is 0.321 e.